The summed E-state index contributed by atoms with van der Waals surface area (Å²) in [6.45, 7) is 3.40. The number of aromatic amines is 1. The van der Waals surface area contributed by atoms with Gasteiger partial charge in [0.1, 0.15) is 5.82 Å². The quantitative estimate of drug-likeness (QED) is 0.431. The van der Waals surface area contributed by atoms with Gasteiger partial charge in [0.25, 0.3) is 5.56 Å². The van der Waals surface area contributed by atoms with Gasteiger partial charge in [-0.15, -0.1) is 0 Å². The third kappa shape index (κ3) is 5.07. The minimum Gasteiger partial charge on any atom is -0.368 e. The van der Waals surface area contributed by atoms with E-state index in [2.05, 4.69) is 9.88 Å². The first-order valence-electron chi connectivity index (χ1n) is 11.0. The first-order valence-corrected chi connectivity index (χ1v) is 11.4. The Kier molecular flexibility index (Phi) is 6.99. The van der Waals surface area contributed by atoms with Crippen LogP contribution in [0.4, 0.5) is 10.1 Å². The molecule has 0 aliphatic carbocycles. The smallest absolute Gasteiger partial charge is 0.262 e. The first kappa shape index (κ1) is 22.2. The number of para-hydroxylation sites is 1. The fourth-order valence-electron chi connectivity index (χ4n) is 4.15. The Bertz CT molecular complexity index is 1200. The lowest BCUT2D eigenvalue weighted by Gasteiger charge is -2.36. The summed E-state index contributed by atoms with van der Waals surface area (Å²) in [7, 11) is 0. The fraction of sp³-hybridized carbons (Fsp3) is 0.375. The van der Waals surface area contributed by atoms with Gasteiger partial charge in [0.05, 0.1) is 10.9 Å². The van der Waals surface area contributed by atoms with Crippen molar-refractivity contribution in [3.8, 4) is 0 Å². The average molecular weight is 455 g/mol. The Morgan fingerprint density at radius 1 is 0.969 bits per heavy atom. The van der Waals surface area contributed by atoms with Gasteiger partial charge in [-0.2, -0.15) is 0 Å². The second-order valence-corrected chi connectivity index (χ2v) is 8.47. The maximum atomic E-state index is 13.1. The van der Waals surface area contributed by atoms with E-state index in [0.29, 0.717) is 36.2 Å². The molecule has 0 unspecified atom stereocenters. The van der Waals surface area contributed by atoms with Gasteiger partial charge < -0.3 is 14.8 Å². The molecule has 1 aliphatic heterocycles. The number of fused-ring (bicyclic) bond motifs is 1. The van der Waals surface area contributed by atoms with E-state index in [1.54, 1.807) is 22.8 Å². The number of rotatable bonds is 7. The second-order valence-electron chi connectivity index (χ2n) is 8.09. The minimum atomic E-state index is -0.241. The Labute approximate surface area is 191 Å². The highest BCUT2D eigenvalue weighted by atomic mass is 32.1. The van der Waals surface area contributed by atoms with Crippen LogP contribution in [0.2, 0.25) is 0 Å². The molecule has 32 heavy (non-hydrogen) atoms. The minimum absolute atomic E-state index is 0.0700. The predicted molar refractivity (Wildman–Crippen MR) is 127 cm³/mol. The number of carbonyl (C=O) groups is 1. The maximum absolute atomic E-state index is 13.1. The van der Waals surface area contributed by atoms with Crippen LogP contribution in [0.15, 0.2) is 53.3 Å². The molecule has 2 heterocycles. The van der Waals surface area contributed by atoms with E-state index >= 15 is 0 Å². The molecule has 3 aromatic rings. The monoisotopic (exact) mass is 454 g/mol. The molecule has 1 N–H and O–H groups in total. The molecule has 0 spiro atoms. The highest BCUT2D eigenvalue weighted by Gasteiger charge is 2.20. The Hall–Kier alpha value is -3.00. The molecule has 168 valence electrons. The largest absolute Gasteiger partial charge is 0.368 e. The fourth-order valence-corrected chi connectivity index (χ4v) is 4.43. The number of anilines is 1. The summed E-state index contributed by atoms with van der Waals surface area (Å²) in [5.74, 6) is -0.0703. The number of benzene rings is 2. The van der Waals surface area contributed by atoms with E-state index in [1.165, 1.54) is 12.1 Å². The van der Waals surface area contributed by atoms with Gasteiger partial charge in [-0.05, 0) is 61.5 Å². The van der Waals surface area contributed by atoms with Gasteiger partial charge >= 0.3 is 0 Å². The zero-order chi connectivity index (χ0) is 22.5. The third-order valence-corrected chi connectivity index (χ3v) is 6.31. The van der Waals surface area contributed by atoms with E-state index < -0.39 is 0 Å². The lowest BCUT2D eigenvalue weighted by Crippen LogP contribution is -2.48. The van der Waals surface area contributed by atoms with Crippen molar-refractivity contribution in [2.75, 3.05) is 31.1 Å². The van der Waals surface area contributed by atoms with Crippen LogP contribution in [0.1, 0.15) is 25.7 Å². The van der Waals surface area contributed by atoms with Crippen molar-refractivity contribution < 1.29 is 9.18 Å². The summed E-state index contributed by atoms with van der Waals surface area (Å²) in [6, 6.07) is 13.8. The standard InChI is InChI=1S/C24H27FN4O2S/c25-18-9-11-19(12-10-18)27-14-16-28(17-15-27)22(30)8-2-1-5-13-29-23(31)20-6-3-4-7-21(20)26-24(29)32/h3-4,6-7,9-12H,1-2,5,8,13-17H2,(H,26,32). The molecule has 6 nitrogen and oxygen atoms in total. The van der Waals surface area contributed by atoms with Crippen LogP contribution in [0.5, 0.6) is 0 Å². The number of H-pyrrole nitrogens is 1. The number of hydrogen-bond acceptors (Lipinski definition) is 4. The van der Waals surface area contributed by atoms with Gasteiger partial charge in [-0.1, -0.05) is 18.6 Å². The van der Waals surface area contributed by atoms with Crippen molar-refractivity contribution in [1.29, 1.82) is 0 Å². The van der Waals surface area contributed by atoms with Crippen LogP contribution in [0.3, 0.4) is 0 Å². The van der Waals surface area contributed by atoms with Crippen molar-refractivity contribution in [2.45, 2.75) is 32.2 Å². The third-order valence-electron chi connectivity index (χ3n) is 5.99. The van der Waals surface area contributed by atoms with Crippen LogP contribution < -0.4 is 10.5 Å². The predicted octanol–water partition coefficient (Wildman–Crippen LogP) is 4.11. The SMILES string of the molecule is O=C(CCCCCn1c(=S)[nH]c2ccccc2c1=O)N1CCN(c2ccc(F)cc2)CC1. The summed E-state index contributed by atoms with van der Waals surface area (Å²) in [4.78, 5) is 32.4. The number of unbranched alkanes of at least 4 members (excludes halogenated alkanes) is 2. The Morgan fingerprint density at radius 2 is 1.69 bits per heavy atom. The molecule has 0 bridgehead atoms. The highest BCUT2D eigenvalue weighted by molar-refractivity contribution is 7.71. The summed E-state index contributed by atoms with van der Waals surface area (Å²) in [5, 5.41) is 0.635. The van der Waals surface area contributed by atoms with Crippen LogP contribution in [-0.4, -0.2) is 46.5 Å². The number of carbonyl (C=O) groups excluding carboxylic acids is 1. The number of amides is 1. The van der Waals surface area contributed by atoms with Crippen molar-refractivity contribution >= 4 is 34.7 Å². The summed E-state index contributed by atoms with van der Waals surface area (Å²) in [5.41, 5.74) is 1.67. The average Bonchev–Trinajstić information content (AvgIpc) is 2.81. The lowest BCUT2D eigenvalue weighted by molar-refractivity contribution is -0.131. The van der Waals surface area contributed by atoms with Crippen LogP contribution in [0, 0.1) is 10.6 Å². The number of aromatic nitrogens is 2. The zero-order valence-electron chi connectivity index (χ0n) is 17.9. The van der Waals surface area contributed by atoms with Crippen molar-refractivity contribution in [3.63, 3.8) is 0 Å². The molecule has 4 rings (SSSR count). The Balaban J connectivity index is 1.21. The van der Waals surface area contributed by atoms with Gasteiger partial charge in [0, 0.05) is 44.8 Å². The topological polar surface area (TPSA) is 61.3 Å². The number of nitrogens with zero attached hydrogens (tertiary/aromatic N) is 3. The molecule has 1 amide bonds. The van der Waals surface area contributed by atoms with E-state index in [-0.39, 0.29) is 17.3 Å². The molecule has 1 aliphatic rings. The number of hydrogen-bond donors (Lipinski definition) is 1. The van der Waals surface area contributed by atoms with Gasteiger partial charge in [0.15, 0.2) is 4.77 Å². The van der Waals surface area contributed by atoms with Crippen molar-refractivity contribution in [2.24, 2.45) is 0 Å². The molecular weight excluding hydrogens is 427 g/mol. The zero-order valence-corrected chi connectivity index (χ0v) is 18.7. The van der Waals surface area contributed by atoms with Gasteiger partial charge in [-0.25, -0.2) is 4.39 Å². The summed E-state index contributed by atoms with van der Waals surface area (Å²) in [6.07, 6.45) is 2.95. The van der Waals surface area contributed by atoms with Crippen molar-refractivity contribution in [1.82, 2.24) is 14.5 Å². The van der Waals surface area contributed by atoms with E-state index in [1.807, 2.05) is 23.1 Å². The first-order chi connectivity index (χ1) is 15.5. The molecule has 0 radical (unpaired) electrons. The molecule has 2 aromatic carbocycles. The van der Waals surface area contributed by atoms with E-state index in [9.17, 15) is 14.0 Å². The van der Waals surface area contributed by atoms with E-state index in [4.69, 9.17) is 12.2 Å². The number of halogens is 1. The molecule has 1 saturated heterocycles. The lowest BCUT2D eigenvalue weighted by atomic mass is 10.1. The van der Waals surface area contributed by atoms with E-state index in [0.717, 1.165) is 43.6 Å². The summed E-state index contributed by atoms with van der Waals surface area (Å²) >= 11 is 5.35. The highest BCUT2D eigenvalue weighted by Crippen LogP contribution is 2.17. The molecule has 0 atom stereocenters. The Morgan fingerprint density at radius 3 is 2.44 bits per heavy atom. The maximum Gasteiger partial charge on any atom is 0.262 e. The number of piperazine rings is 1. The molecule has 0 saturated carbocycles. The van der Waals surface area contributed by atoms with Crippen molar-refractivity contribution in [3.05, 3.63) is 69.5 Å². The second kappa shape index (κ2) is 10.1. The normalized spacial score (nSPS) is 14.2. The molecule has 1 aromatic heterocycles. The van der Waals surface area contributed by atoms with Gasteiger partial charge in [0.2, 0.25) is 5.91 Å². The molecule has 8 heteroatoms. The van der Waals surface area contributed by atoms with Crippen LogP contribution in [0.25, 0.3) is 10.9 Å². The van der Waals surface area contributed by atoms with Gasteiger partial charge in [-0.3, -0.25) is 14.2 Å². The van der Waals surface area contributed by atoms with Crippen LogP contribution >= 0.6 is 12.2 Å². The number of nitrogens with one attached hydrogen (secondary N) is 1. The van der Waals surface area contributed by atoms with Crippen LogP contribution in [-0.2, 0) is 11.3 Å². The molecular formula is C24H27FN4O2S. The summed E-state index contributed by atoms with van der Waals surface area (Å²) < 4.78 is 15.1. The molecule has 1 fully saturated rings.